The van der Waals surface area contributed by atoms with Crippen LogP contribution in [0.3, 0.4) is 0 Å². The van der Waals surface area contributed by atoms with Crippen molar-refractivity contribution in [2.75, 3.05) is 5.32 Å². The molecule has 102 valence electrons. The summed E-state index contributed by atoms with van der Waals surface area (Å²) in [4.78, 5) is 11.9. The Bertz CT molecular complexity index is 671. The van der Waals surface area contributed by atoms with Gasteiger partial charge >= 0.3 is 0 Å². The first-order valence-electron chi connectivity index (χ1n) is 5.75. The van der Waals surface area contributed by atoms with Gasteiger partial charge in [-0.15, -0.1) is 0 Å². The van der Waals surface area contributed by atoms with Crippen molar-refractivity contribution >= 4 is 34.7 Å². The summed E-state index contributed by atoms with van der Waals surface area (Å²) in [6.07, 6.45) is 2.68. The number of carbonyl (C=O) groups is 1. The third-order valence-corrected chi connectivity index (χ3v) is 3.29. The Balaban J connectivity index is 2.06. The molecule has 0 amide bonds. The van der Waals surface area contributed by atoms with Gasteiger partial charge in [0.05, 0.1) is 15.7 Å². The molecule has 0 saturated carbocycles. The molecule has 1 N–H and O–H groups in total. The Hall–Kier alpha value is -1.84. The lowest BCUT2D eigenvalue weighted by Gasteiger charge is -2.02. The molecule has 0 spiro atoms. The molecule has 0 aliphatic carbocycles. The molecule has 20 heavy (non-hydrogen) atoms. The summed E-state index contributed by atoms with van der Waals surface area (Å²) in [5.41, 5.74) is 0.705. The van der Waals surface area contributed by atoms with Crippen LogP contribution in [-0.4, -0.2) is 5.78 Å². The van der Waals surface area contributed by atoms with Crippen LogP contribution in [0.15, 0.2) is 54.7 Å². The molecule has 0 atom stereocenters. The molecule has 5 heteroatoms. The van der Waals surface area contributed by atoms with E-state index in [0.717, 1.165) is 0 Å². The van der Waals surface area contributed by atoms with Crippen LogP contribution in [0.5, 0.6) is 0 Å². The Morgan fingerprint density at radius 3 is 2.55 bits per heavy atom. The third-order valence-electron chi connectivity index (χ3n) is 2.55. The van der Waals surface area contributed by atoms with Crippen LogP contribution in [0.4, 0.5) is 10.1 Å². The fourth-order valence-corrected chi connectivity index (χ4v) is 1.83. The molecule has 2 aromatic carbocycles. The minimum atomic E-state index is -0.390. The monoisotopic (exact) mass is 309 g/mol. The van der Waals surface area contributed by atoms with E-state index in [9.17, 15) is 9.18 Å². The second-order valence-corrected chi connectivity index (χ2v) is 4.77. The minimum absolute atomic E-state index is 0.257. The molecule has 2 nitrogen and oxygen atoms in total. The maximum Gasteiger partial charge on any atom is 0.187 e. The number of para-hydroxylation sites is 1. The molecule has 0 bridgehead atoms. The largest absolute Gasteiger partial charge is 0.359 e. The summed E-state index contributed by atoms with van der Waals surface area (Å²) < 4.78 is 13.3. The second kappa shape index (κ2) is 6.55. The van der Waals surface area contributed by atoms with Gasteiger partial charge in [-0.1, -0.05) is 35.3 Å². The van der Waals surface area contributed by atoms with Gasteiger partial charge in [-0.3, -0.25) is 4.79 Å². The summed E-state index contributed by atoms with van der Waals surface area (Å²) in [7, 11) is 0. The second-order valence-electron chi connectivity index (χ2n) is 3.95. The summed E-state index contributed by atoms with van der Waals surface area (Å²) in [6, 6.07) is 10.8. The minimum Gasteiger partial charge on any atom is -0.359 e. The maximum atomic E-state index is 13.3. The van der Waals surface area contributed by atoms with Crippen LogP contribution in [0.25, 0.3) is 0 Å². The molecule has 0 saturated heterocycles. The molecule has 2 aromatic rings. The number of allylic oxidation sites excluding steroid dienone is 1. The van der Waals surface area contributed by atoms with E-state index < -0.39 is 0 Å². The van der Waals surface area contributed by atoms with Gasteiger partial charge in [0.25, 0.3) is 0 Å². The first-order valence-corrected chi connectivity index (χ1v) is 6.50. The van der Waals surface area contributed by atoms with E-state index in [2.05, 4.69) is 5.32 Å². The molecule has 0 radical (unpaired) electrons. The van der Waals surface area contributed by atoms with Crippen molar-refractivity contribution in [3.8, 4) is 0 Å². The number of nitrogens with one attached hydrogen (secondary N) is 1. The van der Waals surface area contributed by atoms with Crippen molar-refractivity contribution < 1.29 is 9.18 Å². The summed E-state index contributed by atoms with van der Waals surface area (Å²) >= 11 is 11.6. The number of rotatable bonds is 4. The number of hydrogen-bond acceptors (Lipinski definition) is 2. The highest BCUT2D eigenvalue weighted by atomic mass is 35.5. The normalized spacial score (nSPS) is 10.8. The maximum absolute atomic E-state index is 13.3. The zero-order valence-electron chi connectivity index (χ0n) is 10.2. The van der Waals surface area contributed by atoms with Crippen LogP contribution in [0.1, 0.15) is 10.4 Å². The number of carbonyl (C=O) groups excluding carboxylic acids is 1. The van der Waals surface area contributed by atoms with Crippen molar-refractivity contribution in [3.05, 3.63) is 76.2 Å². The Kier molecular flexibility index (Phi) is 4.77. The van der Waals surface area contributed by atoms with Crippen LogP contribution >= 0.6 is 23.2 Å². The molecule has 0 fully saturated rings. The number of anilines is 1. The van der Waals surface area contributed by atoms with E-state index in [4.69, 9.17) is 23.2 Å². The molecular weight excluding hydrogens is 300 g/mol. The van der Waals surface area contributed by atoms with E-state index in [1.807, 2.05) is 0 Å². The fourth-order valence-electron chi connectivity index (χ4n) is 1.53. The van der Waals surface area contributed by atoms with E-state index in [0.29, 0.717) is 21.3 Å². The number of benzene rings is 2. The topological polar surface area (TPSA) is 29.1 Å². The molecule has 2 rings (SSSR count). The highest BCUT2D eigenvalue weighted by Gasteiger charge is 2.05. The average molecular weight is 310 g/mol. The Morgan fingerprint density at radius 2 is 1.85 bits per heavy atom. The lowest BCUT2D eigenvalue weighted by atomic mass is 10.1. The van der Waals surface area contributed by atoms with E-state index >= 15 is 0 Å². The van der Waals surface area contributed by atoms with Crippen LogP contribution < -0.4 is 5.32 Å². The highest BCUT2D eigenvalue weighted by molar-refractivity contribution is 6.42. The SMILES string of the molecule is O=C(/C=C/Nc1ccccc1F)c1ccc(Cl)c(Cl)c1. The smallest absolute Gasteiger partial charge is 0.187 e. The van der Waals surface area contributed by atoms with E-state index in [-0.39, 0.29) is 11.6 Å². The molecule has 0 heterocycles. The van der Waals surface area contributed by atoms with Gasteiger partial charge in [-0.2, -0.15) is 0 Å². The standard InChI is InChI=1S/C15H10Cl2FNO/c16-11-6-5-10(9-12(11)17)15(20)7-8-19-14-4-2-1-3-13(14)18/h1-9,19H/b8-7+. The van der Waals surface area contributed by atoms with Crippen LogP contribution in [-0.2, 0) is 0 Å². The lowest BCUT2D eigenvalue weighted by molar-refractivity contribution is 0.104. The van der Waals surface area contributed by atoms with Gasteiger partial charge in [0.2, 0.25) is 0 Å². The summed E-state index contributed by atoms with van der Waals surface area (Å²) in [5.74, 6) is -0.647. The van der Waals surface area contributed by atoms with E-state index in [1.165, 1.54) is 24.4 Å². The molecule has 0 aromatic heterocycles. The lowest BCUT2D eigenvalue weighted by Crippen LogP contribution is -1.97. The summed E-state index contributed by atoms with van der Waals surface area (Å²) in [6.45, 7) is 0. The Labute approximate surface area is 125 Å². The average Bonchev–Trinajstić information content (AvgIpc) is 2.44. The Morgan fingerprint density at radius 1 is 1.10 bits per heavy atom. The van der Waals surface area contributed by atoms with Crippen molar-refractivity contribution in [3.63, 3.8) is 0 Å². The predicted molar refractivity (Wildman–Crippen MR) is 80.0 cm³/mol. The van der Waals surface area contributed by atoms with Crippen molar-refractivity contribution in [2.24, 2.45) is 0 Å². The van der Waals surface area contributed by atoms with Gasteiger partial charge in [0, 0.05) is 17.8 Å². The highest BCUT2D eigenvalue weighted by Crippen LogP contribution is 2.23. The van der Waals surface area contributed by atoms with Crippen molar-refractivity contribution in [1.82, 2.24) is 0 Å². The van der Waals surface area contributed by atoms with Crippen LogP contribution in [0, 0.1) is 5.82 Å². The van der Waals surface area contributed by atoms with Gasteiger partial charge < -0.3 is 5.32 Å². The van der Waals surface area contributed by atoms with Gasteiger partial charge in [0.1, 0.15) is 5.82 Å². The van der Waals surface area contributed by atoms with E-state index in [1.54, 1.807) is 30.3 Å². The number of halogens is 3. The number of hydrogen-bond donors (Lipinski definition) is 1. The fraction of sp³-hybridized carbons (Fsp3) is 0. The first kappa shape index (κ1) is 14.6. The van der Waals surface area contributed by atoms with Gasteiger partial charge in [-0.05, 0) is 30.3 Å². The molecule has 0 unspecified atom stereocenters. The third kappa shape index (κ3) is 3.59. The molecule has 0 aliphatic rings. The quantitative estimate of drug-likeness (QED) is 0.640. The molecule has 0 aliphatic heterocycles. The first-order chi connectivity index (χ1) is 9.58. The van der Waals surface area contributed by atoms with Gasteiger partial charge in [0.15, 0.2) is 5.78 Å². The zero-order valence-corrected chi connectivity index (χ0v) is 11.8. The van der Waals surface area contributed by atoms with Gasteiger partial charge in [-0.25, -0.2) is 4.39 Å². The number of ketones is 1. The molecular formula is C15H10Cl2FNO. The van der Waals surface area contributed by atoms with Crippen molar-refractivity contribution in [2.45, 2.75) is 0 Å². The van der Waals surface area contributed by atoms with Crippen LogP contribution in [0.2, 0.25) is 10.0 Å². The summed E-state index contributed by atoms with van der Waals surface area (Å²) in [5, 5.41) is 3.40. The predicted octanol–water partition coefficient (Wildman–Crippen LogP) is 4.94. The van der Waals surface area contributed by atoms with Crippen molar-refractivity contribution in [1.29, 1.82) is 0 Å². The zero-order chi connectivity index (χ0) is 14.5.